The summed E-state index contributed by atoms with van der Waals surface area (Å²) >= 11 is 4.05. The molecule has 0 radical (unpaired) electrons. The van der Waals surface area contributed by atoms with Crippen LogP contribution < -0.4 is 15.0 Å². The molecule has 2 fully saturated rings. The number of anilines is 3. The van der Waals surface area contributed by atoms with Crippen molar-refractivity contribution in [2.45, 2.75) is 6.42 Å². The van der Waals surface area contributed by atoms with Crippen LogP contribution in [0.4, 0.5) is 17.5 Å². The first-order chi connectivity index (χ1) is 14.4. The molecule has 8 heteroatoms. The lowest BCUT2D eigenvalue weighted by molar-refractivity contribution is 0.248. The Bertz CT molecular complexity index is 749. The van der Waals surface area contributed by atoms with Crippen LogP contribution in [-0.2, 0) is 0 Å². The van der Waals surface area contributed by atoms with Crippen LogP contribution in [0.3, 0.4) is 0 Å². The molecular formula is C21H29N5OS2. The predicted molar refractivity (Wildman–Crippen MR) is 125 cm³/mol. The van der Waals surface area contributed by atoms with E-state index in [1.165, 1.54) is 24.6 Å². The summed E-state index contributed by atoms with van der Waals surface area (Å²) in [6, 6.07) is 10.0. The molecule has 3 heterocycles. The molecule has 4 rings (SSSR count). The Hall–Kier alpha value is -1.64. The lowest BCUT2D eigenvalue weighted by atomic mass is 10.3. The van der Waals surface area contributed by atoms with Gasteiger partial charge in [-0.15, -0.1) is 0 Å². The Morgan fingerprint density at radius 3 is 2.41 bits per heavy atom. The molecule has 1 N–H and O–H groups in total. The van der Waals surface area contributed by atoms with Crippen LogP contribution in [0.25, 0.3) is 0 Å². The Balaban J connectivity index is 1.24. The van der Waals surface area contributed by atoms with E-state index in [4.69, 9.17) is 4.74 Å². The van der Waals surface area contributed by atoms with E-state index < -0.39 is 0 Å². The summed E-state index contributed by atoms with van der Waals surface area (Å²) in [4.78, 5) is 13.9. The topological polar surface area (TPSA) is 53.5 Å². The van der Waals surface area contributed by atoms with E-state index >= 15 is 0 Å². The molecule has 0 atom stereocenters. The Kier molecular flexibility index (Phi) is 7.78. The average Bonchev–Trinajstić information content (AvgIpc) is 2.79. The van der Waals surface area contributed by atoms with Crippen molar-refractivity contribution in [1.82, 2.24) is 14.9 Å². The molecule has 1 aromatic heterocycles. The second-order valence-corrected chi connectivity index (χ2v) is 9.59. The fraction of sp³-hybridized carbons (Fsp3) is 0.524. The molecule has 2 aliphatic heterocycles. The van der Waals surface area contributed by atoms with E-state index in [0.29, 0.717) is 5.95 Å². The van der Waals surface area contributed by atoms with Crippen molar-refractivity contribution >= 4 is 41.0 Å². The van der Waals surface area contributed by atoms with Crippen molar-refractivity contribution in [3.63, 3.8) is 0 Å². The summed E-state index contributed by atoms with van der Waals surface area (Å²) in [5, 5.41) is 3.30. The molecule has 2 aliphatic rings. The Morgan fingerprint density at radius 2 is 1.66 bits per heavy atom. The first-order valence-corrected chi connectivity index (χ1v) is 12.6. The molecular weight excluding hydrogens is 402 g/mol. The van der Waals surface area contributed by atoms with E-state index in [1.54, 1.807) is 0 Å². The molecule has 2 aromatic rings. The number of hydrogen-bond acceptors (Lipinski definition) is 8. The van der Waals surface area contributed by atoms with Crippen LogP contribution in [0.2, 0.25) is 0 Å². The number of nitrogens with zero attached hydrogens (tertiary/aromatic N) is 4. The van der Waals surface area contributed by atoms with E-state index in [1.807, 2.05) is 48.3 Å². The zero-order chi connectivity index (χ0) is 19.7. The lowest BCUT2D eigenvalue weighted by Gasteiger charge is -2.27. The zero-order valence-electron chi connectivity index (χ0n) is 16.8. The molecule has 0 aliphatic carbocycles. The number of ether oxygens (including phenoxy) is 1. The summed E-state index contributed by atoms with van der Waals surface area (Å²) in [6.07, 6.45) is 2.89. The Morgan fingerprint density at radius 1 is 0.931 bits per heavy atom. The van der Waals surface area contributed by atoms with Gasteiger partial charge < -0.3 is 19.9 Å². The number of hydrogen-bond donors (Lipinski definition) is 1. The van der Waals surface area contributed by atoms with Gasteiger partial charge in [-0.2, -0.15) is 28.5 Å². The van der Waals surface area contributed by atoms with E-state index in [0.717, 1.165) is 61.4 Å². The van der Waals surface area contributed by atoms with Crippen LogP contribution in [0, 0.1) is 0 Å². The molecule has 2 saturated heterocycles. The number of nitrogens with one attached hydrogen (secondary N) is 1. The zero-order valence-corrected chi connectivity index (χ0v) is 18.4. The van der Waals surface area contributed by atoms with Crippen molar-refractivity contribution in [2.75, 3.05) is 72.6 Å². The van der Waals surface area contributed by atoms with E-state index in [2.05, 4.69) is 36.8 Å². The second kappa shape index (κ2) is 10.9. The fourth-order valence-electron chi connectivity index (χ4n) is 3.44. The van der Waals surface area contributed by atoms with Crippen LogP contribution in [-0.4, -0.2) is 77.2 Å². The summed E-state index contributed by atoms with van der Waals surface area (Å²) < 4.78 is 5.90. The molecule has 0 saturated carbocycles. The average molecular weight is 432 g/mol. The molecule has 6 nitrogen and oxygen atoms in total. The Labute approximate surface area is 181 Å². The fourth-order valence-corrected chi connectivity index (χ4v) is 5.33. The van der Waals surface area contributed by atoms with Crippen LogP contribution in [0.5, 0.6) is 5.75 Å². The highest BCUT2D eigenvalue weighted by molar-refractivity contribution is 7.99. The molecule has 0 spiro atoms. The largest absolute Gasteiger partial charge is 0.494 e. The smallest absolute Gasteiger partial charge is 0.229 e. The second-order valence-electron chi connectivity index (χ2n) is 7.14. The molecule has 1 aromatic carbocycles. The minimum atomic E-state index is 0.633. The van der Waals surface area contributed by atoms with Crippen molar-refractivity contribution in [1.29, 1.82) is 0 Å². The van der Waals surface area contributed by atoms with Crippen molar-refractivity contribution < 1.29 is 4.74 Å². The summed E-state index contributed by atoms with van der Waals surface area (Å²) in [5.74, 6) is 7.38. The first-order valence-electron chi connectivity index (χ1n) is 10.3. The highest BCUT2D eigenvalue weighted by atomic mass is 32.2. The molecule has 0 unspecified atom stereocenters. The van der Waals surface area contributed by atoms with Gasteiger partial charge in [0.25, 0.3) is 0 Å². The summed E-state index contributed by atoms with van der Waals surface area (Å²) in [7, 11) is 0. The van der Waals surface area contributed by atoms with Gasteiger partial charge in [-0.05, 0) is 36.8 Å². The minimum absolute atomic E-state index is 0.633. The van der Waals surface area contributed by atoms with E-state index in [-0.39, 0.29) is 0 Å². The van der Waals surface area contributed by atoms with Gasteiger partial charge in [0.2, 0.25) is 5.95 Å². The standard InChI is InChI=1S/C21H29N5OS2/c1(8-25-9-14-28-15-10-25)13-27-19-4-2-18(3-5-19)23-21-22-7-6-20(24-21)26-11-16-29-17-12-26/h2-7H,1,8-17H2,(H,22,23,24). The maximum Gasteiger partial charge on any atom is 0.229 e. The van der Waals surface area contributed by atoms with Gasteiger partial charge >= 0.3 is 0 Å². The van der Waals surface area contributed by atoms with Gasteiger partial charge in [-0.3, -0.25) is 0 Å². The number of rotatable bonds is 8. The van der Waals surface area contributed by atoms with Crippen molar-refractivity contribution in [3.05, 3.63) is 36.5 Å². The van der Waals surface area contributed by atoms with Gasteiger partial charge in [0, 0.05) is 67.6 Å². The monoisotopic (exact) mass is 431 g/mol. The lowest BCUT2D eigenvalue weighted by Crippen LogP contribution is -2.33. The van der Waals surface area contributed by atoms with Gasteiger partial charge in [-0.1, -0.05) is 0 Å². The number of thioether (sulfide) groups is 2. The highest BCUT2D eigenvalue weighted by Gasteiger charge is 2.13. The quantitative estimate of drug-likeness (QED) is 0.637. The third-order valence-electron chi connectivity index (χ3n) is 5.08. The molecule has 29 heavy (non-hydrogen) atoms. The maximum atomic E-state index is 5.90. The number of benzene rings is 1. The molecule has 0 bridgehead atoms. The van der Waals surface area contributed by atoms with Crippen LogP contribution in [0.1, 0.15) is 6.42 Å². The minimum Gasteiger partial charge on any atom is -0.494 e. The van der Waals surface area contributed by atoms with Crippen molar-refractivity contribution in [3.8, 4) is 5.75 Å². The van der Waals surface area contributed by atoms with Crippen molar-refractivity contribution in [2.24, 2.45) is 0 Å². The van der Waals surface area contributed by atoms with Crippen LogP contribution in [0.15, 0.2) is 36.5 Å². The van der Waals surface area contributed by atoms with Gasteiger partial charge in [0.05, 0.1) is 6.61 Å². The maximum absolute atomic E-state index is 5.90. The van der Waals surface area contributed by atoms with Gasteiger partial charge in [-0.25, -0.2) is 4.98 Å². The summed E-state index contributed by atoms with van der Waals surface area (Å²) in [5.41, 5.74) is 0.967. The highest BCUT2D eigenvalue weighted by Crippen LogP contribution is 2.21. The van der Waals surface area contributed by atoms with Crippen LogP contribution >= 0.6 is 23.5 Å². The SMILES string of the molecule is c1cc(N2CCSCC2)nc(Nc2ccc(OCCCN3CCSCC3)cc2)n1. The number of aromatic nitrogens is 2. The third kappa shape index (κ3) is 6.42. The molecule has 156 valence electrons. The normalized spacial score (nSPS) is 17.9. The first kappa shape index (κ1) is 20.6. The van der Waals surface area contributed by atoms with E-state index in [9.17, 15) is 0 Å². The van der Waals surface area contributed by atoms with Gasteiger partial charge in [0.15, 0.2) is 0 Å². The predicted octanol–water partition coefficient (Wildman–Crippen LogP) is 3.59. The molecule has 0 amide bonds. The summed E-state index contributed by atoms with van der Waals surface area (Å²) in [6.45, 7) is 6.41. The van der Waals surface area contributed by atoms with Gasteiger partial charge in [0.1, 0.15) is 11.6 Å². The third-order valence-corrected chi connectivity index (χ3v) is 6.96.